The summed E-state index contributed by atoms with van der Waals surface area (Å²) in [6.07, 6.45) is 8.04. The van der Waals surface area contributed by atoms with E-state index in [0.717, 1.165) is 24.9 Å². The second-order valence-corrected chi connectivity index (χ2v) is 7.04. The minimum Gasteiger partial charge on any atom is -0.355 e. The van der Waals surface area contributed by atoms with E-state index in [2.05, 4.69) is 39.8 Å². The van der Waals surface area contributed by atoms with Crippen molar-refractivity contribution in [2.45, 2.75) is 0 Å². The summed E-state index contributed by atoms with van der Waals surface area (Å²) < 4.78 is 1.59. The molecule has 0 bridgehead atoms. The summed E-state index contributed by atoms with van der Waals surface area (Å²) in [7, 11) is 0. The van der Waals surface area contributed by atoms with Gasteiger partial charge >= 0.3 is 0 Å². The fraction of sp³-hybridized carbons (Fsp3) is 0.389. The summed E-state index contributed by atoms with van der Waals surface area (Å²) in [4.78, 5) is 40.0. The summed E-state index contributed by atoms with van der Waals surface area (Å²) in [5.41, 5.74) is 0. The Morgan fingerprint density at radius 3 is 2.38 bits per heavy atom. The summed E-state index contributed by atoms with van der Waals surface area (Å²) in [6.45, 7) is 4.21. The first-order valence-electron chi connectivity index (χ1n) is 9.51. The first-order valence-corrected chi connectivity index (χ1v) is 9.51. The fourth-order valence-corrected chi connectivity index (χ4v) is 3.62. The Kier molecular flexibility index (Phi) is 4.47. The lowest BCUT2D eigenvalue weighted by atomic mass is 9.98. The number of hydrogen-bond acceptors (Lipinski definition) is 9. The SMILES string of the molecule is O=C(C1CN(c2cc(-n3cncn3)ncn2)C1)N1CCN(c2ncccn2)CC1. The van der Waals surface area contributed by atoms with Gasteiger partial charge < -0.3 is 14.7 Å². The van der Waals surface area contributed by atoms with Crippen molar-refractivity contribution < 1.29 is 4.79 Å². The van der Waals surface area contributed by atoms with Gasteiger partial charge in [-0.1, -0.05) is 0 Å². The third-order valence-electron chi connectivity index (χ3n) is 5.27. The second kappa shape index (κ2) is 7.41. The van der Waals surface area contributed by atoms with Gasteiger partial charge in [-0.05, 0) is 6.07 Å². The third kappa shape index (κ3) is 3.46. The molecule has 0 unspecified atom stereocenters. The highest BCUT2D eigenvalue weighted by Gasteiger charge is 2.37. The van der Waals surface area contributed by atoms with Crippen LogP contribution in [0.15, 0.2) is 43.5 Å². The molecule has 0 aromatic carbocycles. The van der Waals surface area contributed by atoms with Crippen LogP contribution in [-0.4, -0.2) is 84.8 Å². The summed E-state index contributed by atoms with van der Waals surface area (Å²) in [5, 5.41) is 4.09. The maximum atomic E-state index is 12.8. The number of hydrogen-bond donors (Lipinski definition) is 0. The van der Waals surface area contributed by atoms with Gasteiger partial charge in [-0.3, -0.25) is 4.79 Å². The van der Waals surface area contributed by atoms with E-state index in [9.17, 15) is 4.79 Å². The Bertz CT molecular complexity index is 965. The molecule has 3 aromatic heterocycles. The van der Waals surface area contributed by atoms with Gasteiger partial charge in [0.15, 0.2) is 5.82 Å². The first-order chi connectivity index (χ1) is 14.3. The van der Waals surface area contributed by atoms with Crippen molar-refractivity contribution in [3.63, 3.8) is 0 Å². The van der Waals surface area contributed by atoms with Crippen LogP contribution in [0.3, 0.4) is 0 Å². The van der Waals surface area contributed by atoms with E-state index in [1.54, 1.807) is 29.5 Å². The van der Waals surface area contributed by atoms with Gasteiger partial charge in [-0.25, -0.2) is 29.6 Å². The lowest BCUT2D eigenvalue weighted by Gasteiger charge is -2.43. The van der Waals surface area contributed by atoms with Crippen LogP contribution in [0.2, 0.25) is 0 Å². The number of aromatic nitrogens is 7. The van der Waals surface area contributed by atoms with Crippen molar-refractivity contribution in [2.75, 3.05) is 49.1 Å². The normalized spacial score (nSPS) is 17.3. The molecule has 2 aliphatic rings. The number of piperazine rings is 1. The molecule has 11 heteroatoms. The first kappa shape index (κ1) is 17.5. The van der Waals surface area contributed by atoms with Gasteiger partial charge in [0.1, 0.15) is 24.8 Å². The van der Waals surface area contributed by atoms with Crippen LogP contribution in [0.5, 0.6) is 0 Å². The molecule has 0 atom stereocenters. The fourth-order valence-electron chi connectivity index (χ4n) is 3.62. The molecular weight excluding hydrogens is 372 g/mol. The Balaban J connectivity index is 1.16. The molecule has 3 aromatic rings. The van der Waals surface area contributed by atoms with E-state index in [4.69, 9.17) is 0 Å². The number of amides is 1. The number of nitrogens with zero attached hydrogens (tertiary/aromatic N) is 10. The highest BCUT2D eigenvalue weighted by atomic mass is 16.2. The van der Waals surface area contributed by atoms with Crippen molar-refractivity contribution in [1.82, 2.24) is 39.6 Å². The zero-order valence-corrected chi connectivity index (χ0v) is 15.7. The van der Waals surface area contributed by atoms with Gasteiger partial charge in [0.2, 0.25) is 11.9 Å². The maximum Gasteiger partial charge on any atom is 0.229 e. The van der Waals surface area contributed by atoms with E-state index < -0.39 is 0 Å². The molecule has 0 radical (unpaired) electrons. The second-order valence-electron chi connectivity index (χ2n) is 7.04. The van der Waals surface area contributed by atoms with E-state index in [1.807, 2.05) is 11.0 Å². The number of carbonyl (C=O) groups is 1. The van der Waals surface area contributed by atoms with Crippen LogP contribution in [0.4, 0.5) is 11.8 Å². The van der Waals surface area contributed by atoms with Crippen molar-refractivity contribution in [3.05, 3.63) is 43.5 Å². The third-order valence-corrected chi connectivity index (χ3v) is 5.27. The standard InChI is InChI=1S/C18H20N10O/c29-17(25-4-6-26(7-5-25)18-20-2-1-3-21-18)14-9-27(10-14)15-8-16(23-12-22-15)28-13-19-11-24-28/h1-3,8,11-14H,4-7,9-10H2. The highest BCUT2D eigenvalue weighted by molar-refractivity contribution is 5.82. The van der Waals surface area contributed by atoms with Crippen molar-refractivity contribution >= 4 is 17.7 Å². The highest BCUT2D eigenvalue weighted by Crippen LogP contribution is 2.25. The lowest BCUT2D eigenvalue weighted by Crippen LogP contribution is -2.58. The molecule has 0 spiro atoms. The Morgan fingerprint density at radius 2 is 1.66 bits per heavy atom. The zero-order chi connectivity index (χ0) is 19.6. The van der Waals surface area contributed by atoms with Crippen LogP contribution < -0.4 is 9.80 Å². The predicted octanol–water partition coefficient (Wildman–Crippen LogP) is -0.368. The number of carbonyl (C=O) groups excluding carboxylic acids is 1. The van der Waals surface area contributed by atoms with Gasteiger partial charge in [-0.15, -0.1) is 0 Å². The van der Waals surface area contributed by atoms with Crippen molar-refractivity contribution in [3.8, 4) is 5.82 Å². The molecule has 148 valence electrons. The molecule has 2 saturated heterocycles. The van der Waals surface area contributed by atoms with Crippen LogP contribution in [0.25, 0.3) is 5.82 Å². The molecule has 5 heterocycles. The van der Waals surface area contributed by atoms with Gasteiger partial charge in [0.25, 0.3) is 0 Å². The molecule has 0 saturated carbocycles. The average Bonchev–Trinajstić information content (AvgIpc) is 3.29. The molecule has 11 nitrogen and oxygen atoms in total. The van der Waals surface area contributed by atoms with Crippen LogP contribution in [0.1, 0.15) is 0 Å². The van der Waals surface area contributed by atoms with E-state index in [0.29, 0.717) is 32.0 Å². The van der Waals surface area contributed by atoms with Gasteiger partial charge in [-0.2, -0.15) is 5.10 Å². The monoisotopic (exact) mass is 392 g/mol. The molecule has 1 amide bonds. The molecule has 2 fully saturated rings. The van der Waals surface area contributed by atoms with Gasteiger partial charge in [0, 0.05) is 57.7 Å². The maximum absolute atomic E-state index is 12.8. The molecule has 2 aliphatic heterocycles. The van der Waals surface area contributed by atoms with Crippen molar-refractivity contribution in [1.29, 1.82) is 0 Å². The number of rotatable bonds is 4. The van der Waals surface area contributed by atoms with E-state index in [-0.39, 0.29) is 11.8 Å². The Hall–Kier alpha value is -3.63. The van der Waals surface area contributed by atoms with E-state index in [1.165, 1.54) is 12.7 Å². The lowest BCUT2D eigenvalue weighted by molar-refractivity contribution is -0.136. The number of anilines is 2. The Morgan fingerprint density at radius 1 is 0.897 bits per heavy atom. The van der Waals surface area contributed by atoms with Gasteiger partial charge in [0.05, 0.1) is 5.92 Å². The Labute approximate surface area is 167 Å². The zero-order valence-electron chi connectivity index (χ0n) is 15.7. The van der Waals surface area contributed by atoms with Crippen LogP contribution in [-0.2, 0) is 4.79 Å². The summed E-state index contributed by atoms with van der Waals surface area (Å²) in [6, 6.07) is 3.66. The molecule has 0 aliphatic carbocycles. The quantitative estimate of drug-likeness (QED) is 0.587. The summed E-state index contributed by atoms with van der Waals surface area (Å²) in [5.74, 6) is 2.38. The minimum atomic E-state index is -0.000638. The molecule has 29 heavy (non-hydrogen) atoms. The molecule has 0 N–H and O–H groups in total. The molecular formula is C18H20N10O. The van der Waals surface area contributed by atoms with Crippen LogP contribution in [0, 0.1) is 5.92 Å². The van der Waals surface area contributed by atoms with Crippen LogP contribution >= 0.6 is 0 Å². The molecule has 5 rings (SSSR count). The average molecular weight is 392 g/mol. The smallest absolute Gasteiger partial charge is 0.229 e. The minimum absolute atomic E-state index is 0.000638. The van der Waals surface area contributed by atoms with Crippen molar-refractivity contribution in [2.24, 2.45) is 5.92 Å². The van der Waals surface area contributed by atoms with E-state index >= 15 is 0 Å². The summed E-state index contributed by atoms with van der Waals surface area (Å²) >= 11 is 0. The largest absolute Gasteiger partial charge is 0.355 e. The predicted molar refractivity (Wildman–Crippen MR) is 103 cm³/mol. The topological polar surface area (TPSA) is 109 Å².